The zero-order chi connectivity index (χ0) is 11.8. The maximum Gasteiger partial charge on any atom is 0.314 e. The fourth-order valence-electron chi connectivity index (χ4n) is 1.14. The number of nitrogens with two attached hydrogens (primary N) is 1. The van der Waals surface area contributed by atoms with E-state index in [-0.39, 0.29) is 19.5 Å². The third-order valence-corrected chi connectivity index (χ3v) is 1.71. The van der Waals surface area contributed by atoms with Crippen molar-refractivity contribution in [2.75, 3.05) is 6.61 Å². The lowest BCUT2D eigenvalue weighted by Crippen LogP contribution is -2.38. The van der Waals surface area contributed by atoms with E-state index in [1.165, 1.54) is 0 Å². The van der Waals surface area contributed by atoms with E-state index in [1.54, 1.807) is 0 Å². The molecule has 0 aromatic rings. The molecule has 3 atom stereocenters. The van der Waals surface area contributed by atoms with Crippen LogP contribution in [0.25, 0.3) is 0 Å². The third kappa shape index (κ3) is 5.15. The van der Waals surface area contributed by atoms with Crippen LogP contribution >= 0.6 is 0 Å². The Hall–Kier alpha value is -1.38. The zero-order valence-corrected chi connectivity index (χ0v) is 7.87. The largest absolute Gasteiger partial charge is 0.483 e. The highest BCUT2D eigenvalue weighted by Crippen LogP contribution is 2.17. The Kier molecular flexibility index (Phi) is 6.34. The van der Waals surface area contributed by atoms with Gasteiger partial charge in [-0.1, -0.05) is 0 Å². The first-order valence-corrected chi connectivity index (χ1v) is 4.13. The van der Waals surface area contributed by atoms with Crippen LogP contribution in [-0.2, 0) is 9.53 Å². The highest BCUT2D eigenvalue weighted by molar-refractivity contribution is 5.71. The van der Waals surface area contributed by atoms with Gasteiger partial charge in [0.05, 0.1) is 12.7 Å². The average Bonchev–Trinajstić information content (AvgIpc) is 2.46. The summed E-state index contributed by atoms with van der Waals surface area (Å²) in [6.07, 6.45) is -1.70. The van der Waals surface area contributed by atoms with Crippen molar-refractivity contribution in [3.8, 4) is 0 Å². The molecule has 1 heterocycles. The number of carbonyl (C=O) groups excluding carboxylic acids is 1. The smallest absolute Gasteiger partial charge is 0.314 e. The lowest BCUT2D eigenvalue weighted by atomic mass is 10.2. The van der Waals surface area contributed by atoms with E-state index in [9.17, 15) is 9.90 Å². The first kappa shape index (κ1) is 13.6. The first-order chi connectivity index (χ1) is 7.04. The van der Waals surface area contributed by atoms with Crippen LogP contribution in [0.15, 0.2) is 0 Å². The molecular weight excluding hydrogens is 208 g/mol. The Morgan fingerprint density at radius 3 is 2.53 bits per heavy atom. The van der Waals surface area contributed by atoms with Gasteiger partial charge >= 0.3 is 6.03 Å². The number of nitrogens with one attached hydrogen (secondary N) is 1. The van der Waals surface area contributed by atoms with E-state index in [0.29, 0.717) is 0 Å². The van der Waals surface area contributed by atoms with Gasteiger partial charge in [-0.05, 0) is 0 Å². The van der Waals surface area contributed by atoms with Crippen molar-refractivity contribution in [1.82, 2.24) is 5.32 Å². The van der Waals surface area contributed by atoms with Crippen molar-refractivity contribution in [1.29, 1.82) is 0 Å². The van der Waals surface area contributed by atoms with Gasteiger partial charge in [-0.3, -0.25) is 4.79 Å². The topological polar surface area (TPSA) is 142 Å². The van der Waals surface area contributed by atoms with E-state index in [0.717, 1.165) is 0 Å². The molecule has 15 heavy (non-hydrogen) atoms. The molecule has 0 saturated carbocycles. The molecule has 0 aromatic carbocycles. The van der Waals surface area contributed by atoms with Gasteiger partial charge in [0.1, 0.15) is 12.3 Å². The number of aliphatic hydroxyl groups excluding tert-OH is 2. The van der Waals surface area contributed by atoms with Crippen molar-refractivity contribution < 1.29 is 29.6 Å². The lowest BCUT2D eigenvalue weighted by Gasteiger charge is -2.11. The van der Waals surface area contributed by atoms with E-state index in [4.69, 9.17) is 25.5 Å². The van der Waals surface area contributed by atoms with Crippen LogP contribution in [0.5, 0.6) is 0 Å². The molecule has 1 fully saturated rings. The van der Waals surface area contributed by atoms with E-state index in [2.05, 4.69) is 5.32 Å². The number of urea groups is 1. The van der Waals surface area contributed by atoms with Gasteiger partial charge in [0.25, 0.3) is 6.47 Å². The Bertz CT molecular complexity index is 212. The summed E-state index contributed by atoms with van der Waals surface area (Å²) in [6, 6.07) is -0.703. The highest BCUT2D eigenvalue weighted by Gasteiger charge is 2.33. The lowest BCUT2D eigenvalue weighted by molar-refractivity contribution is -0.122. The fraction of sp³-hybridized carbons (Fsp3) is 0.714. The standard InChI is InChI=1S/C6H12N2O4.CH2O2/c7-6(11)8-5-1-3(10)4(2-9)12-5;2-1-3/h3-5,9-10H,1-2H2,(H3,7,8,11);1H,(H,2,3)/t3-,4+,5-;/m0./s1. The number of rotatable bonds is 2. The second-order valence-electron chi connectivity index (χ2n) is 2.76. The second-order valence-corrected chi connectivity index (χ2v) is 2.76. The van der Waals surface area contributed by atoms with E-state index in [1.807, 2.05) is 0 Å². The minimum atomic E-state index is -0.744. The van der Waals surface area contributed by atoms with Crippen LogP contribution in [0, 0.1) is 0 Å². The normalized spacial score (nSPS) is 28.8. The molecule has 1 saturated heterocycles. The summed E-state index contributed by atoms with van der Waals surface area (Å²) in [6.45, 7) is -0.516. The quantitative estimate of drug-likeness (QED) is 0.336. The fourth-order valence-corrected chi connectivity index (χ4v) is 1.14. The minimum absolute atomic E-state index is 0.250. The van der Waals surface area contributed by atoms with Crippen LogP contribution < -0.4 is 11.1 Å². The van der Waals surface area contributed by atoms with Crippen LogP contribution in [0.3, 0.4) is 0 Å². The molecule has 88 valence electrons. The zero-order valence-electron chi connectivity index (χ0n) is 7.87. The van der Waals surface area contributed by atoms with Crippen molar-refractivity contribution in [3.63, 3.8) is 0 Å². The molecule has 0 spiro atoms. The predicted molar refractivity (Wildman–Crippen MR) is 47.8 cm³/mol. The minimum Gasteiger partial charge on any atom is -0.483 e. The molecule has 0 bridgehead atoms. The molecular formula is C7H14N2O6. The van der Waals surface area contributed by atoms with E-state index >= 15 is 0 Å². The van der Waals surface area contributed by atoms with Gasteiger partial charge in [-0.25, -0.2) is 4.79 Å². The summed E-state index contributed by atoms with van der Waals surface area (Å²) < 4.78 is 5.02. The van der Waals surface area contributed by atoms with Gasteiger partial charge < -0.3 is 31.1 Å². The molecule has 1 aliphatic heterocycles. The van der Waals surface area contributed by atoms with Crippen molar-refractivity contribution in [2.45, 2.75) is 24.9 Å². The number of hydrogen-bond donors (Lipinski definition) is 5. The maximum atomic E-state index is 10.3. The number of aliphatic hydroxyl groups is 2. The molecule has 1 aliphatic rings. The molecule has 0 aliphatic carbocycles. The number of carbonyl (C=O) groups is 2. The summed E-state index contributed by atoms with van der Waals surface area (Å²) >= 11 is 0. The summed E-state index contributed by atoms with van der Waals surface area (Å²) in [5.74, 6) is 0. The number of amides is 2. The van der Waals surface area contributed by atoms with Gasteiger partial charge in [0.2, 0.25) is 0 Å². The van der Waals surface area contributed by atoms with Crippen LogP contribution in [0.1, 0.15) is 6.42 Å². The molecule has 2 amide bonds. The molecule has 0 unspecified atom stereocenters. The van der Waals surface area contributed by atoms with Gasteiger partial charge in [-0.15, -0.1) is 0 Å². The SMILES string of the molecule is NC(=O)N[C@@H]1C[C@H](O)[C@@H](CO)O1.O=CO. The molecule has 6 N–H and O–H groups in total. The number of ether oxygens (including phenoxy) is 1. The number of carboxylic acid groups (broad SMARTS) is 1. The molecule has 1 rings (SSSR count). The van der Waals surface area contributed by atoms with Crippen LogP contribution in [0.4, 0.5) is 4.79 Å². The summed E-state index contributed by atoms with van der Waals surface area (Å²) in [5, 5.41) is 27.0. The average molecular weight is 222 g/mol. The molecule has 0 aromatic heterocycles. The van der Waals surface area contributed by atoms with Crippen LogP contribution in [0.2, 0.25) is 0 Å². The monoisotopic (exact) mass is 222 g/mol. The number of primary amides is 1. The van der Waals surface area contributed by atoms with E-state index < -0.39 is 24.5 Å². The molecule has 0 radical (unpaired) electrons. The van der Waals surface area contributed by atoms with Gasteiger partial charge in [0.15, 0.2) is 0 Å². The number of hydrogen-bond acceptors (Lipinski definition) is 5. The van der Waals surface area contributed by atoms with Crippen molar-refractivity contribution >= 4 is 12.5 Å². The molecule has 8 heteroatoms. The Morgan fingerprint density at radius 2 is 2.20 bits per heavy atom. The second kappa shape index (κ2) is 6.98. The first-order valence-electron chi connectivity index (χ1n) is 4.13. The van der Waals surface area contributed by atoms with Gasteiger partial charge in [0, 0.05) is 6.42 Å². The Balaban J connectivity index is 0.000000583. The maximum absolute atomic E-state index is 10.3. The Labute approximate surface area is 85.6 Å². The third-order valence-electron chi connectivity index (χ3n) is 1.71. The summed E-state index contributed by atoms with van der Waals surface area (Å²) in [7, 11) is 0. The molecule has 8 nitrogen and oxygen atoms in total. The summed E-state index contributed by atoms with van der Waals surface area (Å²) in [5.41, 5.74) is 4.83. The van der Waals surface area contributed by atoms with Crippen molar-refractivity contribution in [3.05, 3.63) is 0 Å². The van der Waals surface area contributed by atoms with Gasteiger partial charge in [-0.2, -0.15) is 0 Å². The summed E-state index contributed by atoms with van der Waals surface area (Å²) in [4.78, 5) is 18.7. The highest BCUT2D eigenvalue weighted by atomic mass is 16.5. The van der Waals surface area contributed by atoms with Crippen LogP contribution in [-0.4, -0.2) is 52.9 Å². The predicted octanol–water partition coefficient (Wildman–Crippen LogP) is -2.18. The van der Waals surface area contributed by atoms with Crippen molar-refractivity contribution in [2.24, 2.45) is 5.73 Å². The Morgan fingerprint density at radius 1 is 1.67 bits per heavy atom.